The summed E-state index contributed by atoms with van der Waals surface area (Å²) < 4.78 is 52.1. The maximum atomic E-state index is 13.4. The fourth-order valence-corrected chi connectivity index (χ4v) is 2.51. The zero-order valence-electron chi connectivity index (χ0n) is 13.4. The Labute approximate surface area is 141 Å². The minimum atomic E-state index is -4.41. The molecule has 4 nitrogen and oxygen atoms in total. The summed E-state index contributed by atoms with van der Waals surface area (Å²) in [5.41, 5.74) is 0.166. The number of anilines is 1. The second kappa shape index (κ2) is 6.27. The molecule has 0 aliphatic rings. The maximum absolute atomic E-state index is 13.4. The van der Waals surface area contributed by atoms with E-state index in [1.165, 1.54) is 18.3 Å². The van der Waals surface area contributed by atoms with E-state index in [-0.39, 0.29) is 0 Å². The summed E-state index contributed by atoms with van der Waals surface area (Å²) in [6, 6.07) is 5.75. The molecule has 8 heteroatoms. The molecule has 25 heavy (non-hydrogen) atoms. The Morgan fingerprint density at radius 1 is 1.12 bits per heavy atom. The van der Waals surface area contributed by atoms with Crippen LogP contribution in [0.25, 0.3) is 10.9 Å². The summed E-state index contributed by atoms with van der Waals surface area (Å²) in [6.45, 7) is 3.37. The first-order valence-corrected chi connectivity index (χ1v) is 7.47. The topological polar surface area (TPSA) is 50.7 Å². The molecule has 0 spiro atoms. The van der Waals surface area contributed by atoms with Crippen LogP contribution in [0, 0.1) is 12.9 Å². The van der Waals surface area contributed by atoms with Crippen molar-refractivity contribution in [2.75, 3.05) is 5.32 Å². The number of aryl methyl sites for hydroxylation is 1. The van der Waals surface area contributed by atoms with Crippen LogP contribution >= 0.6 is 0 Å². The fourth-order valence-electron chi connectivity index (χ4n) is 2.51. The van der Waals surface area contributed by atoms with Crippen molar-refractivity contribution in [2.24, 2.45) is 0 Å². The first kappa shape index (κ1) is 17.1. The van der Waals surface area contributed by atoms with E-state index in [2.05, 4.69) is 20.3 Å². The van der Waals surface area contributed by atoms with Gasteiger partial charge in [-0.25, -0.2) is 15.0 Å². The van der Waals surface area contributed by atoms with Crippen molar-refractivity contribution in [1.29, 1.82) is 0 Å². The van der Waals surface area contributed by atoms with Gasteiger partial charge in [0.15, 0.2) is 0 Å². The van der Waals surface area contributed by atoms with E-state index in [0.29, 0.717) is 28.1 Å². The van der Waals surface area contributed by atoms with Crippen LogP contribution in [0.3, 0.4) is 0 Å². The van der Waals surface area contributed by atoms with Crippen molar-refractivity contribution in [3.05, 3.63) is 59.4 Å². The first-order valence-electron chi connectivity index (χ1n) is 7.47. The van der Waals surface area contributed by atoms with Crippen LogP contribution in [0.1, 0.15) is 29.9 Å². The minimum Gasteiger partial charge on any atom is -0.363 e. The van der Waals surface area contributed by atoms with E-state index in [9.17, 15) is 17.6 Å². The predicted molar refractivity (Wildman–Crippen MR) is 85.5 cm³/mol. The minimum absolute atomic E-state index is 0.341. The third-order valence-corrected chi connectivity index (χ3v) is 3.73. The lowest BCUT2D eigenvalue weighted by Gasteiger charge is -2.18. The third kappa shape index (κ3) is 3.67. The van der Waals surface area contributed by atoms with Crippen molar-refractivity contribution in [3.8, 4) is 0 Å². The number of benzene rings is 1. The van der Waals surface area contributed by atoms with Gasteiger partial charge in [0.1, 0.15) is 11.6 Å². The van der Waals surface area contributed by atoms with E-state index in [4.69, 9.17) is 0 Å². The number of nitrogens with zero attached hydrogens (tertiary/aromatic N) is 3. The highest BCUT2D eigenvalue weighted by molar-refractivity contribution is 5.88. The number of nitrogens with one attached hydrogen (secondary N) is 1. The largest absolute Gasteiger partial charge is 0.416 e. The average molecular weight is 350 g/mol. The van der Waals surface area contributed by atoms with Crippen molar-refractivity contribution >= 4 is 16.7 Å². The Kier molecular flexibility index (Phi) is 4.28. The molecule has 0 radical (unpaired) electrons. The van der Waals surface area contributed by atoms with Crippen LogP contribution in [-0.4, -0.2) is 15.0 Å². The molecule has 0 saturated heterocycles. The molecule has 130 valence electrons. The van der Waals surface area contributed by atoms with Crippen molar-refractivity contribution in [3.63, 3.8) is 0 Å². The lowest BCUT2D eigenvalue weighted by atomic mass is 10.0. The molecule has 1 aromatic carbocycles. The molecule has 1 N–H and O–H groups in total. The summed E-state index contributed by atoms with van der Waals surface area (Å²) in [6.07, 6.45) is -3.12. The Hall–Kier alpha value is -2.77. The van der Waals surface area contributed by atoms with Gasteiger partial charge in [-0.15, -0.1) is 0 Å². The first-order chi connectivity index (χ1) is 11.7. The van der Waals surface area contributed by atoms with Gasteiger partial charge in [-0.05, 0) is 31.5 Å². The molecule has 0 unspecified atom stereocenters. The van der Waals surface area contributed by atoms with Crippen LogP contribution in [0.15, 0.2) is 36.5 Å². The van der Waals surface area contributed by atoms with Gasteiger partial charge in [0.2, 0.25) is 5.95 Å². The van der Waals surface area contributed by atoms with E-state index < -0.39 is 23.7 Å². The smallest absolute Gasteiger partial charge is 0.363 e. The number of alkyl halides is 3. The fraction of sp³-hybridized carbons (Fsp3) is 0.235. The van der Waals surface area contributed by atoms with Crippen LogP contribution < -0.4 is 5.32 Å². The van der Waals surface area contributed by atoms with Gasteiger partial charge in [-0.2, -0.15) is 17.6 Å². The number of fused-ring (bicyclic) bond motifs is 1. The van der Waals surface area contributed by atoms with Gasteiger partial charge in [-0.3, -0.25) is 0 Å². The zero-order chi connectivity index (χ0) is 18.2. The predicted octanol–water partition coefficient (Wildman–Crippen LogP) is 4.66. The second-order valence-electron chi connectivity index (χ2n) is 5.63. The summed E-state index contributed by atoms with van der Waals surface area (Å²) in [7, 11) is 0. The molecule has 0 amide bonds. The third-order valence-electron chi connectivity index (χ3n) is 3.73. The Morgan fingerprint density at radius 3 is 2.60 bits per heavy atom. The Morgan fingerprint density at radius 2 is 1.88 bits per heavy atom. The monoisotopic (exact) mass is 350 g/mol. The second-order valence-corrected chi connectivity index (χ2v) is 5.63. The molecule has 0 saturated carbocycles. The highest BCUT2D eigenvalue weighted by Crippen LogP contribution is 2.32. The van der Waals surface area contributed by atoms with Crippen LogP contribution in [-0.2, 0) is 6.18 Å². The molecule has 2 heterocycles. The highest BCUT2D eigenvalue weighted by atomic mass is 19.4. The molecule has 0 fully saturated rings. The van der Waals surface area contributed by atoms with Gasteiger partial charge in [0.25, 0.3) is 0 Å². The van der Waals surface area contributed by atoms with Crippen LogP contribution in [0.4, 0.5) is 23.4 Å². The number of pyridine rings is 1. The van der Waals surface area contributed by atoms with Gasteiger partial charge in [0.05, 0.1) is 17.3 Å². The number of halogens is 4. The van der Waals surface area contributed by atoms with Gasteiger partial charge in [0, 0.05) is 17.5 Å². The van der Waals surface area contributed by atoms with Crippen LogP contribution in [0.2, 0.25) is 0 Å². The quantitative estimate of drug-likeness (QED) is 0.551. The van der Waals surface area contributed by atoms with Crippen molar-refractivity contribution in [2.45, 2.75) is 26.1 Å². The van der Waals surface area contributed by atoms with Crippen molar-refractivity contribution in [1.82, 2.24) is 15.0 Å². The molecule has 0 aliphatic heterocycles. The summed E-state index contributed by atoms with van der Waals surface area (Å²) in [5, 5.41) is 3.45. The zero-order valence-corrected chi connectivity index (χ0v) is 13.4. The average Bonchev–Trinajstić information content (AvgIpc) is 2.55. The molecule has 0 aliphatic carbocycles. The maximum Gasteiger partial charge on any atom is 0.416 e. The van der Waals surface area contributed by atoms with E-state index in [0.717, 1.165) is 12.1 Å². The molecular weight excluding hydrogens is 336 g/mol. The van der Waals surface area contributed by atoms with Gasteiger partial charge >= 0.3 is 6.18 Å². The van der Waals surface area contributed by atoms with E-state index in [1.807, 2.05) is 0 Å². The van der Waals surface area contributed by atoms with E-state index >= 15 is 0 Å². The highest BCUT2D eigenvalue weighted by Gasteiger charge is 2.30. The molecule has 0 bridgehead atoms. The molecule has 3 rings (SSSR count). The number of aromatic nitrogens is 3. The van der Waals surface area contributed by atoms with Crippen LogP contribution in [0.5, 0.6) is 0 Å². The summed E-state index contributed by atoms with van der Waals surface area (Å²) >= 11 is 0. The lowest BCUT2D eigenvalue weighted by molar-refractivity contribution is -0.137. The Balaban J connectivity index is 1.97. The number of hydrogen-bond acceptors (Lipinski definition) is 4. The number of hydrogen-bond donors (Lipinski definition) is 1. The molecule has 1 atom stereocenters. The normalized spacial score (nSPS) is 13.0. The SMILES string of the molecule is Cc1nc(N[C@H](C)c2cccc(C(F)(F)F)c2)c2cc(F)ncc2n1. The summed E-state index contributed by atoms with van der Waals surface area (Å²) in [5.74, 6) is 0.100. The van der Waals surface area contributed by atoms with Crippen molar-refractivity contribution < 1.29 is 17.6 Å². The van der Waals surface area contributed by atoms with E-state index in [1.54, 1.807) is 19.9 Å². The van der Waals surface area contributed by atoms with Gasteiger partial charge in [-0.1, -0.05) is 12.1 Å². The standard InChI is InChI=1S/C17H14F4N4/c1-9(11-4-3-5-12(6-11)17(19,20)21)23-16-13-7-15(18)22-8-14(13)24-10(2)25-16/h3-9H,1-2H3,(H,23,24,25)/t9-/m1/s1. The molecular formula is C17H14F4N4. The summed E-state index contributed by atoms with van der Waals surface area (Å²) in [4.78, 5) is 12.0. The number of rotatable bonds is 3. The Bertz CT molecular complexity index is 924. The molecule has 2 aromatic heterocycles. The van der Waals surface area contributed by atoms with Gasteiger partial charge < -0.3 is 5.32 Å². The lowest BCUT2D eigenvalue weighted by Crippen LogP contribution is -2.12. The molecule has 3 aromatic rings.